The minimum atomic E-state index is -0.212. The molecule has 1 aromatic heterocycles. The first-order chi connectivity index (χ1) is 15.5. The molecule has 0 fully saturated rings. The Balaban J connectivity index is 1.49. The summed E-state index contributed by atoms with van der Waals surface area (Å²) in [6.07, 6.45) is 5.96. The molecule has 1 amide bonds. The van der Waals surface area contributed by atoms with Gasteiger partial charge in [0.05, 0.1) is 6.61 Å². The van der Waals surface area contributed by atoms with Crippen molar-refractivity contribution >= 4 is 28.1 Å². The molecular formula is C26H27NO5. The minimum absolute atomic E-state index is 0.200. The molecule has 1 N–H and O–H groups in total. The van der Waals surface area contributed by atoms with Crippen LogP contribution in [0.1, 0.15) is 49.1 Å². The molecule has 6 heteroatoms. The second kappa shape index (κ2) is 8.26. The number of carbonyl (C=O) groups is 1. The van der Waals surface area contributed by atoms with E-state index in [1.165, 1.54) is 12.0 Å². The molecule has 3 aromatic rings. The lowest BCUT2D eigenvalue weighted by Gasteiger charge is -2.15. The number of hydrogen-bond acceptors (Lipinski definition) is 5. The number of anilines is 1. The minimum Gasteiger partial charge on any atom is -0.493 e. The van der Waals surface area contributed by atoms with E-state index in [9.17, 15) is 4.79 Å². The van der Waals surface area contributed by atoms with E-state index in [1.54, 1.807) is 24.3 Å². The molecule has 0 atom stereocenters. The summed E-state index contributed by atoms with van der Waals surface area (Å²) in [6.45, 7) is 6.68. The van der Waals surface area contributed by atoms with Gasteiger partial charge in [-0.3, -0.25) is 4.79 Å². The van der Waals surface area contributed by atoms with Crippen molar-refractivity contribution in [3.63, 3.8) is 0 Å². The second-order valence-corrected chi connectivity index (χ2v) is 8.28. The predicted molar refractivity (Wildman–Crippen MR) is 124 cm³/mol. The van der Waals surface area contributed by atoms with Gasteiger partial charge in [-0.2, -0.15) is 0 Å². The van der Waals surface area contributed by atoms with Crippen LogP contribution in [0, 0.1) is 6.92 Å². The van der Waals surface area contributed by atoms with Crippen LogP contribution in [-0.4, -0.2) is 19.3 Å². The van der Waals surface area contributed by atoms with Crippen LogP contribution in [0.5, 0.6) is 17.2 Å². The number of nitrogens with one attached hydrogen (secondary N) is 1. The molecule has 5 rings (SSSR count). The third kappa shape index (κ3) is 3.60. The summed E-state index contributed by atoms with van der Waals surface area (Å²) in [5.41, 5.74) is 5.61. The molecule has 0 radical (unpaired) electrons. The summed E-state index contributed by atoms with van der Waals surface area (Å²) in [7, 11) is 0. The maximum atomic E-state index is 12.8. The molecular weight excluding hydrogens is 406 g/mol. The Labute approximate surface area is 187 Å². The van der Waals surface area contributed by atoms with Crippen LogP contribution >= 0.6 is 0 Å². The quantitative estimate of drug-likeness (QED) is 0.516. The van der Waals surface area contributed by atoms with E-state index in [2.05, 4.69) is 11.4 Å². The van der Waals surface area contributed by atoms with E-state index < -0.39 is 0 Å². The fourth-order valence-corrected chi connectivity index (χ4v) is 4.59. The summed E-state index contributed by atoms with van der Waals surface area (Å²) in [6, 6.07) is 7.49. The topological polar surface area (TPSA) is 69.9 Å². The third-order valence-corrected chi connectivity index (χ3v) is 6.13. The van der Waals surface area contributed by atoms with Crippen LogP contribution in [0.3, 0.4) is 0 Å². The van der Waals surface area contributed by atoms with Crippen LogP contribution in [-0.2, 0) is 17.6 Å². The van der Waals surface area contributed by atoms with E-state index in [-0.39, 0.29) is 12.7 Å². The molecule has 2 aromatic carbocycles. The van der Waals surface area contributed by atoms with Gasteiger partial charge in [-0.1, -0.05) is 0 Å². The van der Waals surface area contributed by atoms with Crippen molar-refractivity contribution in [3.8, 4) is 17.2 Å². The van der Waals surface area contributed by atoms with Gasteiger partial charge in [0.25, 0.3) is 0 Å². The van der Waals surface area contributed by atoms with Crippen molar-refractivity contribution in [3.05, 3.63) is 52.8 Å². The summed E-state index contributed by atoms with van der Waals surface area (Å²) in [5, 5.41) is 4.05. The van der Waals surface area contributed by atoms with Crippen LogP contribution < -0.4 is 19.5 Å². The number of fused-ring (bicyclic) bond motifs is 4. The van der Waals surface area contributed by atoms with Gasteiger partial charge < -0.3 is 23.9 Å². The molecule has 0 saturated carbocycles. The maximum absolute atomic E-state index is 12.8. The number of benzene rings is 2. The van der Waals surface area contributed by atoms with Gasteiger partial charge in [0, 0.05) is 46.3 Å². The zero-order valence-electron chi connectivity index (χ0n) is 18.7. The number of aryl methyl sites for hydroxylation is 3. The highest BCUT2D eigenvalue weighted by molar-refractivity contribution is 6.05. The Morgan fingerprint density at radius 2 is 1.97 bits per heavy atom. The molecule has 0 unspecified atom stereocenters. The summed E-state index contributed by atoms with van der Waals surface area (Å²) < 4.78 is 23.0. The SMILES string of the molecule is CCOc1c(/C(C)=C/C(=O)Nc2ccc3c(c2)OCO3)cc2c3c(oc2c1C)CCCC3. The van der Waals surface area contributed by atoms with Crippen molar-refractivity contribution < 1.29 is 23.4 Å². The van der Waals surface area contributed by atoms with Crippen molar-refractivity contribution in [1.29, 1.82) is 0 Å². The third-order valence-electron chi connectivity index (χ3n) is 6.13. The Morgan fingerprint density at radius 3 is 2.81 bits per heavy atom. The molecule has 2 aliphatic rings. The van der Waals surface area contributed by atoms with E-state index in [0.717, 1.165) is 58.4 Å². The number of rotatable bonds is 5. The van der Waals surface area contributed by atoms with Gasteiger partial charge in [-0.05, 0) is 63.8 Å². The van der Waals surface area contributed by atoms with Gasteiger partial charge >= 0.3 is 0 Å². The van der Waals surface area contributed by atoms with E-state index in [4.69, 9.17) is 18.6 Å². The Morgan fingerprint density at radius 1 is 1.16 bits per heavy atom. The van der Waals surface area contributed by atoms with Crippen molar-refractivity contribution in [2.75, 3.05) is 18.7 Å². The highest BCUT2D eigenvalue weighted by Gasteiger charge is 2.23. The fourth-order valence-electron chi connectivity index (χ4n) is 4.59. The van der Waals surface area contributed by atoms with Crippen molar-refractivity contribution in [2.24, 2.45) is 0 Å². The zero-order chi connectivity index (χ0) is 22.2. The Hall–Kier alpha value is -3.41. The molecule has 32 heavy (non-hydrogen) atoms. The number of amides is 1. The lowest BCUT2D eigenvalue weighted by atomic mass is 9.93. The second-order valence-electron chi connectivity index (χ2n) is 8.28. The number of allylic oxidation sites excluding steroid dienone is 1. The van der Waals surface area contributed by atoms with Gasteiger partial charge in [-0.15, -0.1) is 0 Å². The lowest BCUT2D eigenvalue weighted by Crippen LogP contribution is -2.09. The molecule has 1 aliphatic carbocycles. The Kier molecular flexibility index (Phi) is 5.29. The number of hydrogen-bond donors (Lipinski definition) is 1. The standard InChI is InChI=1S/C26H27NO5/c1-4-29-25-16(3)26-20(18-7-5-6-8-21(18)32-26)13-19(25)15(2)11-24(28)27-17-9-10-22-23(12-17)31-14-30-22/h9-13H,4-8,14H2,1-3H3,(H,27,28)/b15-11+. The largest absolute Gasteiger partial charge is 0.493 e. The van der Waals surface area contributed by atoms with Crippen molar-refractivity contribution in [1.82, 2.24) is 0 Å². The van der Waals surface area contributed by atoms with Gasteiger partial charge in [0.1, 0.15) is 17.1 Å². The van der Waals surface area contributed by atoms with E-state index in [0.29, 0.717) is 23.8 Å². The van der Waals surface area contributed by atoms with Gasteiger partial charge in [0.15, 0.2) is 11.5 Å². The molecule has 2 heterocycles. The van der Waals surface area contributed by atoms with E-state index >= 15 is 0 Å². The summed E-state index contributed by atoms with van der Waals surface area (Å²) >= 11 is 0. The highest BCUT2D eigenvalue weighted by atomic mass is 16.7. The molecule has 0 spiro atoms. The Bertz CT molecular complexity index is 1240. The van der Waals surface area contributed by atoms with E-state index in [1.807, 2.05) is 20.8 Å². The lowest BCUT2D eigenvalue weighted by molar-refractivity contribution is -0.111. The highest BCUT2D eigenvalue weighted by Crippen LogP contribution is 2.41. The molecule has 0 bridgehead atoms. The van der Waals surface area contributed by atoms with Gasteiger partial charge in [-0.25, -0.2) is 0 Å². The molecule has 1 aliphatic heterocycles. The normalized spacial score (nSPS) is 15.0. The number of furan rings is 1. The van der Waals surface area contributed by atoms with Crippen LogP contribution in [0.4, 0.5) is 5.69 Å². The van der Waals surface area contributed by atoms with Crippen LogP contribution in [0.25, 0.3) is 16.5 Å². The van der Waals surface area contributed by atoms with Crippen LogP contribution in [0.15, 0.2) is 34.8 Å². The fraction of sp³-hybridized carbons (Fsp3) is 0.346. The smallest absolute Gasteiger partial charge is 0.248 e. The number of carbonyl (C=O) groups excluding carboxylic acids is 1. The summed E-state index contributed by atoms with van der Waals surface area (Å²) in [4.78, 5) is 12.8. The van der Waals surface area contributed by atoms with Crippen LogP contribution in [0.2, 0.25) is 0 Å². The number of ether oxygens (including phenoxy) is 3. The predicted octanol–water partition coefficient (Wildman–Crippen LogP) is 5.79. The monoisotopic (exact) mass is 433 g/mol. The first kappa shape index (κ1) is 20.5. The van der Waals surface area contributed by atoms with Gasteiger partial charge in [0.2, 0.25) is 12.7 Å². The molecule has 6 nitrogen and oxygen atoms in total. The first-order valence-electron chi connectivity index (χ1n) is 11.1. The first-order valence-corrected chi connectivity index (χ1v) is 11.1. The molecule has 0 saturated heterocycles. The summed E-state index contributed by atoms with van der Waals surface area (Å²) in [5.74, 6) is 2.97. The average Bonchev–Trinajstić information content (AvgIpc) is 3.39. The van der Waals surface area contributed by atoms with Crippen molar-refractivity contribution in [2.45, 2.75) is 46.5 Å². The maximum Gasteiger partial charge on any atom is 0.248 e. The molecule has 166 valence electrons. The zero-order valence-corrected chi connectivity index (χ0v) is 18.7. The average molecular weight is 434 g/mol.